The summed E-state index contributed by atoms with van der Waals surface area (Å²) in [7, 11) is 0. The van der Waals surface area contributed by atoms with E-state index in [1.54, 1.807) is 18.2 Å². The van der Waals surface area contributed by atoms with Gasteiger partial charge in [-0.25, -0.2) is 4.39 Å². The molecule has 1 heterocycles. The Hall–Kier alpha value is -2.89. The van der Waals surface area contributed by atoms with E-state index in [-0.39, 0.29) is 12.5 Å². The van der Waals surface area contributed by atoms with Gasteiger partial charge in [0.25, 0.3) is 11.8 Å². The van der Waals surface area contributed by atoms with E-state index in [2.05, 4.69) is 0 Å². The molecule has 150 valence electrons. The van der Waals surface area contributed by atoms with Gasteiger partial charge >= 0.3 is 0 Å². The molecular formula is C24H17ClFNO2S. The molecule has 3 aromatic rings. The monoisotopic (exact) mass is 437 g/mol. The molecule has 6 heteroatoms. The molecule has 0 saturated carbocycles. The van der Waals surface area contributed by atoms with Crippen LogP contribution in [0.15, 0.2) is 83.8 Å². The van der Waals surface area contributed by atoms with Crippen molar-refractivity contribution in [3.63, 3.8) is 0 Å². The van der Waals surface area contributed by atoms with Crippen LogP contribution < -0.4 is 0 Å². The van der Waals surface area contributed by atoms with Gasteiger partial charge < -0.3 is 0 Å². The first-order valence-electron chi connectivity index (χ1n) is 9.31. The normalized spacial score (nSPS) is 14.0. The van der Waals surface area contributed by atoms with Gasteiger partial charge in [0.2, 0.25) is 0 Å². The van der Waals surface area contributed by atoms with Gasteiger partial charge in [-0.1, -0.05) is 72.3 Å². The highest BCUT2D eigenvalue weighted by atomic mass is 35.5. The minimum atomic E-state index is -0.401. The fourth-order valence-electron chi connectivity index (χ4n) is 3.23. The average molecular weight is 438 g/mol. The summed E-state index contributed by atoms with van der Waals surface area (Å²) >= 11 is 7.55. The lowest BCUT2D eigenvalue weighted by Gasteiger charge is -2.16. The Bertz CT molecular complexity index is 1130. The van der Waals surface area contributed by atoms with Gasteiger partial charge in [0, 0.05) is 10.8 Å². The molecule has 0 N–H and O–H groups in total. The Morgan fingerprint density at radius 2 is 1.50 bits per heavy atom. The number of rotatable bonds is 6. The lowest BCUT2D eigenvalue weighted by atomic mass is 10.1. The van der Waals surface area contributed by atoms with Gasteiger partial charge in [0.15, 0.2) is 0 Å². The molecule has 2 amide bonds. The van der Waals surface area contributed by atoms with Crippen molar-refractivity contribution in [3.05, 3.63) is 111 Å². The smallest absolute Gasteiger partial charge is 0.268 e. The van der Waals surface area contributed by atoms with Gasteiger partial charge in [-0.15, -0.1) is 11.8 Å². The summed E-state index contributed by atoms with van der Waals surface area (Å²) in [6, 6.07) is 22.5. The van der Waals surface area contributed by atoms with Gasteiger partial charge in [0.05, 0.1) is 17.0 Å². The van der Waals surface area contributed by atoms with E-state index >= 15 is 0 Å². The maximum absolute atomic E-state index is 13.4. The SMILES string of the molecule is O=C1C(SCc2ccccc2)=C(c2ccc(F)cc2)C(=O)N1Cc1ccccc1Cl. The van der Waals surface area contributed by atoms with Crippen molar-refractivity contribution in [2.24, 2.45) is 0 Å². The first-order valence-corrected chi connectivity index (χ1v) is 10.7. The number of imide groups is 1. The molecule has 0 aliphatic carbocycles. The Labute approximate surface area is 183 Å². The van der Waals surface area contributed by atoms with Crippen LogP contribution in [0.1, 0.15) is 16.7 Å². The van der Waals surface area contributed by atoms with Crippen molar-refractivity contribution in [2.75, 3.05) is 0 Å². The fourth-order valence-corrected chi connectivity index (χ4v) is 4.51. The number of hydrogen-bond donors (Lipinski definition) is 0. The van der Waals surface area contributed by atoms with Crippen molar-refractivity contribution < 1.29 is 14.0 Å². The van der Waals surface area contributed by atoms with Gasteiger partial charge in [-0.3, -0.25) is 14.5 Å². The van der Waals surface area contributed by atoms with E-state index < -0.39 is 11.7 Å². The largest absolute Gasteiger partial charge is 0.269 e. The van der Waals surface area contributed by atoms with Gasteiger partial charge in [0.1, 0.15) is 5.82 Å². The number of carbonyl (C=O) groups is 2. The third kappa shape index (κ3) is 4.18. The molecule has 0 saturated heterocycles. The summed E-state index contributed by atoms with van der Waals surface area (Å²) in [4.78, 5) is 28.0. The Morgan fingerprint density at radius 3 is 2.20 bits per heavy atom. The number of hydrogen-bond acceptors (Lipinski definition) is 3. The van der Waals surface area contributed by atoms with Crippen LogP contribution in [0, 0.1) is 5.82 Å². The molecule has 0 bridgehead atoms. The van der Waals surface area contributed by atoms with Crippen molar-refractivity contribution in [3.8, 4) is 0 Å². The van der Waals surface area contributed by atoms with E-state index in [1.165, 1.54) is 40.9 Å². The van der Waals surface area contributed by atoms with E-state index in [4.69, 9.17) is 11.6 Å². The minimum Gasteiger partial charge on any atom is -0.269 e. The molecule has 1 aliphatic heterocycles. The summed E-state index contributed by atoms with van der Waals surface area (Å²) in [5.74, 6) is -0.621. The molecule has 1 aliphatic rings. The summed E-state index contributed by atoms with van der Waals surface area (Å²) in [5, 5.41) is 0.492. The van der Waals surface area contributed by atoms with Crippen molar-refractivity contribution in [1.82, 2.24) is 4.90 Å². The standard InChI is InChI=1S/C24H17ClFNO2S/c25-20-9-5-4-8-18(20)14-27-23(28)21(17-10-12-19(26)13-11-17)22(24(27)29)30-15-16-6-2-1-3-7-16/h1-13H,14-15H2. The first kappa shape index (κ1) is 20.4. The predicted octanol–water partition coefficient (Wildman–Crippen LogP) is 5.69. The number of amides is 2. The Morgan fingerprint density at radius 1 is 0.833 bits per heavy atom. The number of halogens is 2. The molecule has 0 radical (unpaired) electrons. The van der Waals surface area contributed by atoms with Crippen molar-refractivity contribution in [2.45, 2.75) is 12.3 Å². The maximum Gasteiger partial charge on any atom is 0.268 e. The van der Waals surface area contributed by atoms with Crippen molar-refractivity contribution in [1.29, 1.82) is 0 Å². The number of carbonyl (C=O) groups excluding carboxylic acids is 2. The van der Waals surface area contributed by atoms with Crippen LogP contribution in [0.2, 0.25) is 5.02 Å². The second kappa shape index (κ2) is 8.86. The van der Waals surface area contributed by atoms with E-state index in [1.807, 2.05) is 36.4 Å². The third-order valence-electron chi connectivity index (χ3n) is 4.77. The quantitative estimate of drug-likeness (QED) is 0.465. The predicted molar refractivity (Wildman–Crippen MR) is 118 cm³/mol. The van der Waals surface area contributed by atoms with Crippen LogP contribution in [-0.4, -0.2) is 16.7 Å². The molecule has 3 nitrogen and oxygen atoms in total. The summed E-state index contributed by atoms with van der Waals surface area (Å²) in [5.41, 5.74) is 2.55. The molecular weight excluding hydrogens is 421 g/mol. The van der Waals surface area contributed by atoms with Gasteiger partial charge in [-0.2, -0.15) is 0 Å². The zero-order valence-corrected chi connectivity index (χ0v) is 17.4. The maximum atomic E-state index is 13.4. The second-order valence-corrected chi connectivity index (χ2v) is 8.17. The molecule has 0 unspecified atom stereocenters. The van der Waals surface area contributed by atoms with Crippen LogP contribution >= 0.6 is 23.4 Å². The van der Waals surface area contributed by atoms with E-state index in [0.717, 1.165) is 5.56 Å². The highest BCUT2D eigenvalue weighted by molar-refractivity contribution is 8.03. The first-order chi connectivity index (χ1) is 14.5. The molecule has 0 aromatic heterocycles. The van der Waals surface area contributed by atoms with Crippen LogP contribution in [0.5, 0.6) is 0 Å². The van der Waals surface area contributed by atoms with Crippen molar-refractivity contribution >= 4 is 40.8 Å². The number of nitrogens with zero attached hydrogens (tertiary/aromatic N) is 1. The Balaban J connectivity index is 1.68. The van der Waals surface area contributed by atoms with Crippen LogP contribution in [0.25, 0.3) is 5.57 Å². The van der Waals surface area contributed by atoms with Crippen LogP contribution in [0.4, 0.5) is 4.39 Å². The van der Waals surface area contributed by atoms with E-state index in [9.17, 15) is 14.0 Å². The summed E-state index contributed by atoms with van der Waals surface area (Å²) in [6.07, 6.45) is 0. The van der Waals surface area contributed by atoms with E-state index in [0.29, 0.717) is 32.4 Å². The zero-order chi connectivity index (χ0) is 21.1. The average Bonchev–Trinajstić information content (AvgIpc) is 2.99. The summed E-state index contributed by atoms with van der Waals surface area (Å²) in [6.45, 7) is 0.0808. The minimum absolute atomic E-state index is 0.0808. The molecule has 0 fully saturated rings. The van der Waals surface area contributed by atoms with Gasteiger partial charge in [-0.05, 0) is 34.9 Å². The molecule has 4 rings (SSSR count). The molecule has 0 spiro atoms. The lowest BCUT2D eigenvalue weighted by Crippen LogP contribution is -2.31. The Kier molecular flexibility index (Phi) is 6.02. The number of benzene rings is 3. The van der Waals surface area contributed by atoms with Crippen LogP contribution in [0.3, 0.4) is 0 Å². The number of thioether (sulfide) groups is 1. The zero-order valence-electron chi connectivity index (χ0n) is 15.8. The lowest BCUT2D eigenvalue weighted by molar-refractivity contribution is -0.137. The highest BCUT2D eigenvalue weighted by Gasteiger charge is 2.39. The summed E-state index contributed by atoms with van der Waals surface area (Å²) < 4.78 is 13.4. The highest BCUT2D eigenvalue weighted by Crippen LogP contribution is 2.38. The molecule has 0 atom stereocenters. The topological polar surface area (TPSA) is 37.4 Å². The molecule has 3 aromatic carbocycles. The fraction of sp³-hybridized carbons (Fsp3) is 0.0833. The van der Waals surface area contributed by atoms with Crippen LogP contribution in [-0.2, 0) is 21.9 Å². The second-order valence-electron chi connectivity index (χ2n) is 6.77. The molecule has 30 heavy (non-hydrogen) atoms. The third-order valence-corrected chi connectivity index (χ3v) is 6.28.